The summed E-state index contributed by atoms with van der Waals surface area (Å²) in [6, 6.07) is 0. The lowest BCUT2D eigenvalue weighted by Crippen LogP contribution is -2.27. The summed E-state index contributed by atoms with van der Waals surface area (Å²) in [5, 5.41) is 4.54. The van der Waals surface area contributed by atoms with Crippen molar-refractivity contribution in [2.45, 2.75) is 45.6 Å². The van der Waals surface area contributed by atoms with Crippen LogP contribution < -0.4 is 5.32 Å². The average molecular weight is 294 g/mol. The number of hydrogen-bond acceptors (Lipinski definition) is 3. The smallest absolute Gasteiger partial charge is 0.293 e. The molecular weight excluding hydrogens is 270 g/mol. The summed E-state index contributed by atoms with van der Waals surface area (Å²) in [7, 11) is 0. The Labute approximate surface area is 107 Å². The van der Waals surface area contributed by atoms with E-state index >= 15 is 0 Å². The van der Waals surface area contributed by atoms with Gasteiger partial charge in [-0.1, -0.05) is 15.9 Å². The third-order valence-corrected chi connectivity index (χ3v) is 2.84. The van der Waals surface area contributed by atoms with Crippen molar-refractivity contribution in [3.8, 4) is 0 Å². The number of carbonyl (C=O) groups excluding carboxylic acids is 1. The first-order chi connectivity index (χ1) is 7.49. The molecule has 1 aliphatic rings. The standard InChI is InChI=1S/C7H14BrN.C5H10O2/c8-4-1-7-2-5-9-6-3-7;1-5(2,3)7-4-6/h7,9H,1-6H2;4H,1-3H3. The van der Waals surface area contributed by atoms with Crippen LogP contribution in [0.1, 0.15) is 40.0 Å². The summed E-state index contributed by atoms with van der Waals surface area (Å²) in [6.07, 6.45) is 4.12. The number of alkyl halides is 1. The predicted molar refractivity (Wildman–Crippen MR) is 70.9 cm³/mol. The lowest BCUT2D eigenvalue weighted by molar-refractivity contribution is -0.138. The van der Waals surface area contributed by atoms with Crippen molar-refractivity contribution < 1.29 is 9.53 Å². The van der Waals surface area contributed by atoms with Gasteiger partial charge in [0.25, 0.3) is 6.47 Å². The van der Waals surface area contributed by atoms with Gasteiger partial charge in [-0.05, 0) is 59.0 Å². The van der Waals surface area contributed by atoms with Gasteiger partial charge in [0.1, 0.15) is 5.60 Å². The van der Waals surface area contributed by atoms with Gasteiger partial charge in [-0.3, -0.25) is 4.79 Å². The summed E-state index contributed by atoms with van der Waals surface area (Å²) in [6.45, 7) is 8.39. The van der Waals surface area contributed by atoms with Gasteiger partial charge in [0.15, 0.2) is 0 Å². The first kappa shape index (κ1) is 15.9. The Bertz CT molecular complexity index is 172. The van der Waals surface area contributed by atoms with E-state index in [9.17, 15) is 4.79 Å². The maximum absolute atomic E-state index is 9.60. The molecule has 0 saturated carbocycles. The number of rotatable bonds is 3. The van der Waals surface area contributed by atoms with Gasteiger partial charge in [0.05, 0.1) is 0 Å². The van der Waals surface area contributed by atoms with E-state index in [4.69, 9.17) is 0 Å². The molecular formula is C12H24BrNO2. The Kier molecular flexibility index (Phi) is 8.94. The monoisotopic (exact) mass is 293 g/mol. The Morgan fingerprint density at radius 1 is 1.38 bits per heavy atom. The fraction of sp³-hybridized carbons (Fsp3) is 0.917. The minimum absolute atomic E-state index is 0.318. The molecule has 0 atom stereocenters. The van der Waals surface area contributed by atoms with Crippen molar-refractivity contribution in [2.75, 3.05) is 18.4 Å². The van der Waals surface area contributed by atoms with E-state index in [2.05, 4.69) is 26.0 Å². The molecule has 0 aromatic rings. The van der Waals surface area contributed by atoms with Crippen LogP contribution >= 0.6 is 15.9 Å². The summed E-state index contributed by atoms with van der Waals surface area (Å²) in [5.41, 5.74) is -0.318. The number of nitrogens with one attached hydrogen (secondary N) is 1. The van der Waals surface area contributed by atoms with Gasteiger partial charge in [0, 0.05) is 5.33 Å². The van der Waals surface area contributed by atoms with Crippen LogP contribution in [0.5, 0.6) is 0 Å². The molecule has 1 N–H and O–H groups in total. The second-order valence-corrected chi connectivity index (χ2v) is 5.79. The highest BCUT2D eigenvalue weighted by molar-refractivity contribution is 9.09. The number of halogens is 1. The van der Waals surface area contributed by atoms with E-state index < -0.39 is 0 Å². The van der Waals surface area contributed by atoms with E-state index in [1.807, 2.05) is 20.8 Å². The lowest BCUT2D eigenvalue weighted by Gasteiger charge is -2.21. The van der Waals surface area contributed by atoms with Crippen LogP contribution in [0.3, 0.4) is 0 Å². The zero-order valence-corrected chi connectivity index (χ0v) is 12.2. The zero-order chi connectivity index (χ0) is 12.4. The van der Waals surface area contributed by atoms with Crippen LogP contribution in [-0.2, 0) is 9.53 Å². The Morgan fingerprint density at radius 3 is 2.25 bits per heavy atom. The summed E-state index contributed by atoms with van der Waals surface area (Å²) in [5.74, 6) is 0.991. The molecule has 16 heavy (non-hydrogen) atoms. The molecule has 1 rings (SSSR count). The fourth-order valence-corrected chi connectivity index (χ4v) is 2.12. The molecule has 1 heterocycles. The highest BCUT2D eigenvalue weighted by Gasteiger charge is 2.10. The van der Waals surface area contributed by atoms with Crippen molar-refractivity contribution in [1.29, 1.82) is 0 Å². The summed E-state index contributed by atoms with van der Waals surface area (Å²) in [4.78, 5) is 9.60. The van der Waals surface area contributed by atoms with E-state index in [1.165, 1.54) is 37.7 Å². The Balaban J connectivity index is 0.000000293. The predicted octanol–water partition coefficient (Wildman–Crippen LogP) is 2.73. The molecule has 96 valence electrons. The molecule has 4 heteroatoms. The first-order valence-corrected chi connectivity index (χ1v) is 7.00. The molecule has 0 spiro atoms. The second-order valence-electron chi connectivity index (χ2n) is 5.00. The number of piperidine rings is 1. The zero-order valence-electron chi connectivity index (χ0n) is 10.6. The SMILES string of the molecule is BrCCC1CCNCC1.CC(C)(C)OC=O. The van der Waals surface area contributed by atoms with Crippen molar-refractivity contribution in [2.24, 2.45) is 5.92 Å². The summed E-state index contributed by atoms with van der Waals surface area (Å²) < 4.78 is 4.55. The van der Waals surface area contributed by atoms with Gasteiger partial charge in [-0.15, -0.1) is 0 Å². The maximum Gasteiger partial charge on any atom is 0.293 e. The lowest BCUT2D eigenvalue weighted by atomic mass is 9.96. The number of ether oxygens (including phenoxy) is 1. The van der Waals surface area contributed by atoms with Gasteiger partial charge < -0.3 is 10.1 Å². The van der Waals surface area contributed by atoms with Gasteiger partial charge in [0.2, 0.25) is 0 Å². The van der Waals surface area contributed by atoms with Crippen LogP contribution in [0.4, 0.5) is 0 Å². The number of hydrogen-bond donors (Lipinski definition) is 1. The quantitative estimate of drug-likeness (QED) is 0.642. The molecule has 0 radical (unpaired) electrons. The molecule has 1 aliphatic heterocycles. The van der Waals surface area contributed by atoms with E-state index in [1.54, 1.807) is 0 Å². The molecule has 0 aromatic heterocycles. The van der Waals surface area contributed by atoms with Crippen molar-refractivity contribution in [3.05, 3.63) is 0 Å². The minimum Gasteiger partial charge on any atom is -0.462 e. The molecule has 3 nitrogen and oxygen atoms in total. The van der Waals surface area contributed by atoms with E-state index in [0.717, 1.165) is 5.92 Å². The highest BCUT2D eigenvalue weighted by Crippen LogP contribution is 2.16. The first-order valence-electron chi connectivity index (χ1n) is 5.87. The molecule has 0 aliphatic carbocycles. The summed E-state index contributed by atoms with van der Waals surface area (Å²) >= 11 is 3.46. The van der Waals surface area contributed by atoms with Gasteiger partial charge >= 0.3 is 0 Å². The second kappa shape index (κ2) is 8.99. The van der Waals surface area contributed by atoms with E-state index in [0.29, 0.717) is 6.47 Å². The van der Waals surface area contributed by atoms with E-state index in [-0.39, 0.29) is 5.60 Å². The van der Waals surface area contributed by atoms with Crippen LogP contribution in [0.2, 0.25) is 0 Å². The van der Waals surface area contributed by atoms with Crippen LogP contribution in [0.25, 0.3) is 0 Å². The molecule has 1 saturated heterocycles. The maximum atomic E-state index is 9.60. The molecule has 1 fully saturated rings. The highest BCUT2D eigenvalue weighted by atomic mass is 79.9. The van der Waals surface area contributed by atoms with Crippen molar-refractivity contribution >= 4 is 22.4 Å². The minimum atomic E-state index is -0.318. The Hall–Kier alpha value is -0.0900. The van der Waals surface area contributed by atoms with Crippen molar-refractivity contribution in [1.82, 2.24) is 5.32 Å². The molecule has 0 aromatic carbocycles. The van der Waals surface area contributed by atoms with Crippen LogP contribution in [-0.4, -0.2) is 30.5 Å². The topological polar surface area (TPSA) is 38.3 Å². The third-order valence-electron chi connectivity index (χ3n) is 2.38. The third kappa shape index (κ3) is 10.4. The normalized spacial score (nSPS) is 17.2. The van der Waals surface area contributed by atoms with Crippen LogP contribution in [0.15, 0.2) is 0 Å². The Morgan fingerprint density at radius 2 is 1.94 bits per heavy atom. The molecule has 0 unspecified atom stereocenters. The van der Waals surface area contributed by atoms with Crippen LogP contribution in [0, 0.1) is 5.92 Å². The fourth-order valence-electron chi connectivity index (χ4n) is 1.47. The van der Waals surface area contributed by atoms with Gasteiger partial charge in [-0.2, -0.15) is 0 Å². The molecule has 0 amide bonds. The average Bonchev–Trinajstić information content (AvgIpc) is 2.19. The van der Waals surface area contributed by atoms with Crippen molar-refractivity contribution in [3.63, 3.8) is 0 Å². The largest absolute Gasteiger partial charge is 0.462 e. The van der Waals surface area contributed by atoms with Gasteiger partial charge in [-0.25, -0.2) is 0 Å². The number of carbonyl (C=O) groups is 1. The molecule has 0 bridgehead atoms.